The lowest BCUT2D eigenvalue weighted by atomic mass is 10.1. The number of carboxylic acid groups (broad SMARTS) is 1. The SMILES string of the molecule is CSc1cccc(NCc2ccc(C)cc2)c1C(=O)O. The number of thioether (sulfide) groups is 1. The molecule has 0 heterocycles. The van der Waals surface area contributed by atoms with Gasteiger partial charge in [0, 0.05) is 11.4 Å². The third-order valence-corrected chi connectivity index (χ3v) is 3.84. The zero-order valence-corrected chi connectivity index (χ0v) is 12.3. The number of rotatable bonds is 5. The van der Waals surface area contributed by atoms with Crippen LogP contribution in [-0.4, -0.2) is 17.3 Å². The van der Waals surface area contributed by atoms with E-state index in [1.54, 1.807) is 6.07 Å². The molecule has 0 spiro atoms. The van der Waals surface area contributed by atoms with Crippen LogP contribution in [0.3, 0.4) is 0 Å². The Morgan fingerprint density at radius 3 is 2.50 bits per heavy atom. The molecule has 0 saturated heterocycles. The van der Waals surface area contributed by atoms with E-state index < -0.39 is 5.97 Å². The molecule has 3 nitrogen and oxygen atoms in total. The molecule has 0 aliphatic carbocycles. The quantitative estimate of drug-likeness (QED) is 0.815. The van der Waals surface area contributed by atoms with Crippen LogP contribution in [-0.2, 0) is 6.54 Å². The average molecular weight is 287 g/mol. The fourth-order valence-corrected chi connectivity index (χ4v) is 2.59. The van der Waals surface area contributed by atoms with Gasteiger partial charge in [0.1, 0.15) is 0 Å². The van der Waals surface area contributed by atoms with Crippen LogP contribution in [0.4, 0.5) is 5.69 Å². The topological polar surface area (TPSA) is 49.3 Å². The molecule has 0 fully saturated rings. The predicted molar refractivity (Wildman–Crippen MR) is 83.7 cm³/mol. The van der Waals surface area contributed by atoms with E-state index in [-0.39, 0.29) is 0 Å². The second kappa shape index (κ2) is 6.48. The maximum atomic E-state index is 11.4. The Kier molecular flexibility index (Phi) is 4.69. The van der Waals surface area contributed by atoms with E-state index in [4.69, 9.17) is 0 Å². The van der Waals surface area contributed by atoms with Crippen LogP contribution in [0, 0.1) is 6.92 Å². The number of carboxylic acids is 1. The number of aryl methyl sites for hydroxylation is 1. The first-order valence-electron chi connectivity index (χ1n) is 6.31. The fourth-order valence-electron chi connectivity index (χ4n) is 1.97. The van der Waals surface area contributed by atoms with Crippen molar-refractivity contribution in [3.05, 3.63) is 59.2 Å². The number of aromatic carboxylic acids is 1. The fraction of sp³-hybridized carbons (Fsp3) is 0.188. The van der Waals surface area contributed by atoms with Gasteiger partial charge < -0.3 is 10.4 Å². The van der Waals surface area contributed by atoms with Gasteiger partial charge in [0.05, 0.1) is 11.3 Å². The number of carbonyl (C=O) groups is 1. The van der Waals surface area contributed by atoms with Crippen LogP contribution in [0.5, 0.6) is 0 Å². The minimum atomic E-state index is -0.902. The van der Waals surface area contributed by atoms with Crippen molar-refractivity contribution in [2.24, 2.45) is 0 Å². The van der Waals surface area contributed by atoms with Crippen molar-refractivity contribution < 1.29 is 9.90 Å². The van der Waals surface area contributed by atoms with Crippen molar-refractivity contribution in [1.82, 2.24) is 0 Å². The highest BCUT2D eigenvalue weighted by atomic mass is 32.2. The van der Waals surface area contributed by atoms with E-state index >= 15 is 0 Å². The van der Waals surface area contributed by atoms with Gasteiger partial charge in [0.25, 0.3) is 0 Å². The average Bonchev–Trinajstić information content (AvgIpc) is 2.46. The molecule has 0 aliphatic heterocycles. The van der Waals surface area contributed by atoms with E-state index in [0.29, 0.717) is 17.8 Å². The number of benzene rings is 2. The first-order chi connectivity index (χ1) is 9.61. The highest BCUT2D eigenvalue weighted by Gasteiger charge is 2.14. The highest BCUT2D eigenvalue weighted by molar-refractivity contribution is 7.98. The van der Waals surface area contributed by atoms with Crippen molar-refractivity contribution >= 4 is 23.4 Å². The molecule has 0 atom stereocenters. The van der Waals surface area contributed by atoms with Crippen molar-refractivity contribution in [3.63, 3.8) is 0 Å². The summed E-state index contributed by atoms with van der Waals surface area (Å²) in [5, 5.41) is 12.6. The van der Waals surface area contributed by atoms with Gasteiger partial charge in [0.15, 0.2) is 0 Å². The van der Waals surface area contributed by atoms with Gasteiger partial charge in [-0.3, -0.25) is 0 Å². The summed E-state index contributed by atoms with van der Waals surface area (Å²) in [4.78, 5) is 12.2. The summed E-state index contributed by atoms with van der Waals surface area (Å²) in [5.74, 6) is -0.902. The molecular formula is C16H17NO2S. The van der Waals surface area contributed by atoms with Crippen LogP contribution in [0.1, 0.15) is 21.5 Å². The second-order valence-corrected chi connectivity index (χ2v) is 5.38. The molecule has 0 radical (unpaired) electrons. The third-order valence-electron chi connectivity index (χ3n) is 3.06. The molecule has 20 heavy (non-hydrogen) atoms. The smallest absolute Gasteiger partial charge is 0.338 e. The summed E-state index contributed by atoms with van der Waals surface area (Å²) in [6, 6.07) is 13.7. The first-order valence-corrected chi connectivity index (χ1v) is 7.54. The van der Waals surface area contributed by atoms with Crippen molar-refractivity contribution in [3.8, 4) is 0 Å². The minimum Gasteiger partial charge on any atom is -0.478 e. The van der Waals surface area contributed by atoms with Gasteiger partial charge in [-0.1, -0.05) is 35.9 Å². The Morgan fingerprint density at radius 1 is 1.20 bits per heavy atom. The van der Waals surface area contributed by atoms with Crippen LogP contribution >= 0.6 is 11.8 Å². The summed E-state index contributed by atoms with van der Waals surface area (Å²) in [5.41, 5.74) is 3.34. The van der Waals surface area contributed by atoms with Gasteiger partial charge in [-0.15, -0.1) is 11.8 Å². The zero-order chi connectivity index (χ0) is 14.5. The largest absolute Gasteiger partial charge is 0.478 e. The van der Waals surface area contributed by atoms with E-state index in [1.807, 2.05) is 49.6 Å². The monoisotopic (exact) mass is 287 g/mol. The summed E-state index contributed by atoms with van der Waals surface area (Å²) >= 11 is 1.44. The maximum absolute atomic E-state index is 11.4. The summed E-state index contributed by atoms with van der Waals surface area (Å²) < 4.78 is 0. The van der Waals surface area contributed by atoms with Gasteiger partial charge in [-0.25, -0.2) is 4.79 Å². The van der Waals surface area contributed by atoms with Crippen LogP contribution in [0.15, 0.2) is 47.4 Å². The van der Waals surface area contributed by atoms with E-state index in [1.165, 1.54) is 17.3 Å². The molecule has 0 amide bonds. The molecule has 0 bridgehead atoms. The van der Waals surface area contributed by atoms with Gasteiger partial charge in [-0.05, 0) is 30.9 Å². The number of anilines is 1. The molecule has 2 aromatic carbocycles. The Bertz CT molecular complexity index is 608. The molecule has 0 aromatic heterocycles. The molecule has 104 valence electrons. The van der Waals surface area contributed by atoms with E-state index in [9.17, 15) is 9.90 Å². The molecule has 2 aromatic rings. The van der Waals surface area contributed by atoms with E-state index in [0.717, 1.165) is 10.5 Å². The minimum absolute atomic E-state index is 0.340. The van der Waals surface area contributed by atoms with Crippen LogP contribution in [0.25, 0.3) is 0 Å². The molecule has 2 N–H and O–H groups in total. The summed E-state index contributed by atoms with van der Waals surface area (Å²) in [6.07, 6.45) is 1.88. The molecular weight excluding hydrogens is 270 g/mol. The Balaban J connectivity index is 2.21. The van der Waals surface area contributed by atoms with E-state index in [2.05, 4.69) is 5.32 Å². The number of hydrogen-bond donors (Lipinski definition) is 2. The first kappa shape index (κ1) is 14.5. The van der Waals surface area contributed by atoms with Crippen molar-refractivity contribution in [2.45, 2.75) is 18.4 Å². The Hall–Kier alpha value is -1.94. The molecule has 2 rings (SSSR count). The Labute approximate surface area is 123 Å². The number of hydrogen-bond acceptors (Lipinski definition) is 3. The standard InChI is InChI=1S/C16H17NO2S/c1-11-6-8-12(9-7-11)10-17-13-4-3-5-14(20-2)15(13)16(18)19/h3-9,17H,10H2,1-2H3,(H,18,19). The van der Waals surface area contributed by atoms with Crippen LogP contribution < -0.4 is 5.32 Å². The third kappa shape index (κ3) is 3.33. The molecule has 0 aliphatic rings. The maximum Gasteiger partial charge on any atom is 0.338 e. The lowest BCUT2D eigenvalue weighted by Crippen LogP contribution is -2.07. The number of nitrogens with one attached hydrogen (secondary N) is 1. The highest BCUT2D eigenvalue weighted by Crippen LogP contribution is 2.27. The molecule has 0 unspecified atom stereocenters. The predicted octanol–water partition coefficient (Wildman–Crippen LogP) is 4.03. The zero-order valence-electron chi connectivity index (χ0n) is 11.5. The lowest BCUT2D eigenvalue weighted by molar-refractivity contribution is 0.0694. The van der Waals surface area contributed by atoms with Crippen molar-refractivity contribution in [2.75, 3.05) is 11.6 Å². The normalized spacial score (nSPS) is 10.3. The lowest BCUT2D eigenvalue weighted by Gasteiger charge is -2.12. The Morgan fingerprint density at radius 2 is 1.90 bits per heavy atom. The van der Waals surface area contributed by atoms with Gasteiger partial charge in [-0.2, -0.15) is 0 Å². The summed E-state index contributed by atoms with van der Waals surface area (Å²) in [7, 11) is 0. The van der Waals surface area contributed by atoms with Crippen molar-refractivity contribution in [1.29, 1.82) is 0 Å². The second-order valence-electron chi connectivity index (χ2n) is 4.53. The van der Waals surface area contributed by atoms with Gasteiger partial charge >= 0.3 is 5.97 Å². The van der Waals surface area contributed by atoms with Gasteiger partial charge in [0.2, 0.25) is 0 Å². The molecule has 4 heteroatoms. The summed E-state index contributed by atoms with van der Waals surface area (Å²) in [6.45, 7) is 2.65. The van der Waals surface area contributed by atoms with Crippen LogP contribution in [0.2, 0.25) is 0 Å². The molecule has 0 saturated carbocycles.